The maximum Gasteiger partial charge on any atom is 0.195 e. The van der Waals surface area contributed by atoms with Crippen LogP contribution in [0.25, 0.3) is 0 Å². The van der Waals surface area contributed by atoms with Gasteiger partial charge in [-0.3, -0.25) is 0 Å². The third kappa shape index (κ3) is 2.20. The van der Waals surface area contributed by atoms with Gasteiger partial charge in [0.05, 0.1) is 0 Å². The Hall–Kier alpha value is -1.07. The van der Waals surface area contributed by atoms with Gasteiger partial charge in [0.25, 0.3) is 0 Å². The lowest BCUT2D eigenvalue weighted by molar-refractivity contribution is -0.108. The topological polar surface area (TPSA) is 18.5 Å². The number of rotatable bonds is 4. The van der Waals surface area contributed by atoms with Crippen LogP contribution in [-0.4, -0.2) is 14.2 Å². The molecule has 2 nitrogen and oxygen atoms in total. The molecule has 0 aromatic heterocycles. The molecule has 0 fully saturated rings. The summed E-state index contributed by atoms with van der Waals surface area (Å²) in [5, 5.41) is 0. The molecule has 5 heteroatoms. The van der Waals surface area contributed by atoms with Gasteiger partial charge >= 0.3 is 0 Å². The molecule has 0 saturated heterocycles. The second kappa shape index (κ2) is 5.32. The second-order valence-electron chi connectivity index (χ2n) is 3.09. The van der Waals surface area contributed by atoms with E-state index in [1.165, 1.54) is 27.6 Å². The molecule has 0 saturated carbocycles. The summed E-state index contributed by atoms with van der Waals surface area (Å²) in [5.74, 6) is -4.03. The quantitative estimate of drug-likeness (QED) is 0.588. The Balaban J connectivity index is 3.34. The van der Waals surface area contributed by atoms with Crippen LogP contribution in [0.15, 0.2) is 6.07 Å². The zero-order valence-corrected chi connectivity index (χ0v) is 9.18. The summed E-state index contributed by atoms with van der Waals surface area (Å²) in [6.45, 7) is 1.52. The standard InChI is InChI=1S/C11H12F3O2/c1-4-6-5-7(11(15-2)16-3)9(13)10(14)8(6)12/h4-5,11H,1-3H3. The molecule has 16 heavy (non-hydrogen) atoms. The van der Waals surface area contributed by atoms with Crippen LogP contribution in [0.4, 0.5) is 13.2 Å². The lowest BCUT2D eigenvalue weighted by Gasteiger charge is -2.16. The Kier molecular flexibility index (Phi) is 4.32. The Labute approximate surface area is 92.0 Å². The van der Waals surface area contributed by atoms with E-state index in [0.29, 0.717) is 0 Å². The van der Waals surface area contributed by atoms with Crippen molar-refractivity contribution in [2.75, 3.05) is 14.2 Å². The molecule has 0 aliphatic rings. The van der Waals surface area contributed by atoms with Crippen LogP contribution in [0.2, 0.25) is 0 Å². The lowest BCUT2D eigenvalue weighted by atomic mass is 10.1. The first kappa shape index (κ1) is 13.0. The molecule has 0 N–H and O–H groups in total. The number of ether oxygens (including phenoxy) is 2. The summed E-state index contributed by atoms with van der Waals surface area (Å²) < 4.78 is 49.4. The Morgan fingerprint density at radius 1 is 1.06 bits per heavy atom. The van der Waals surface area contributed by atoms with E-state index < -0.39 is 23.7 Å². The fourth-order valence-corrected chi connectivity index (χ4v) is 1.38. The highest BCUT2D eigenvalue weighted by Crippen LogP contribution is 2.27. The van der Waals surface area contributed by atoms with Crippen molar-refractivity contribution < 1.29 is 22.6 Å². The van der Waals surface area contributed by atoms with Gasteiger partial charge in [0.2, 0.25) is 0 Å². The Morgan fingerprint density at radius 2 is 1.62 bits per heavy atom. The van der Waals surface area contributed by atoms with Crippen LogP contribution < -0.4 is 0 Å². The molecule has 0 unspecified atom stereocenters. The largest absolute Gasteiger partial charge is 0.352 e. The van der Waals surface area contributed by atoms with Gasteiger partial charge in [0.15, 0.2) is 23.7 Å². The third-order valence-electron chi connectivity index (χ3n) is 2.20. The average molecular weight is 233 g/mol. The maximum absolute atomic E-state index is 13.4. The number of methoxy groups -OCH3 is 2. The van der Waals surface area contributed by atoms with Gasteiger partial charge in [-0.1, -0.05) is 6.92 Å². The van der Waals surface area contributed by atoms with Crippen molar-refractivity contribution in [2.24, 2.45) is 0 Å². The van der Waals surface area contributed by atoms with Crippen molar-refractivity contribution in [1.29, 1.82) is 0 Å². The highest BCUT2D eigenvalue weighted by Gasteiger charge is 2.23. The van der Waals surface area contributed by atoms with E-state index in [1.807, 2.05) is 0 Å². The molecule has 0 bridgehead atoms. The molecule has 0 atom stereocenters. The Morgan fingerprint density at radius 3 is 2.06 bits per heavy atom. The molecule has 0 aliphatic carbocycles. The van der Waals surface area contributed by atoms with E-state index in [0.717, 1.165) is 6.07 Å². The van der Waals surface area contributed by atoms with Gasteiger partial charge in [-0.2, -0.15) is 0 Å². The first-order valence-corrected chi connectivity index (χ1v) is 4.59. The fraction of sp³-hybridized carbons (Fsp3) is 0.364. The Bertz CT molecular complexity index is 376. The third-order valence-corrected chi connectivity index (χ3v) is 2.20. The normalized spacial score (nSPS) is 11.2. The molecule has 0 heterocycles. The molecule has 1 aromatic rings. The van der Waals surface area contributed by atoms with Crippen molar-refractivity contribution >= 4 is 0 Å². The minimum Gasteiger partial charge on any atom is -0.352 e. The van der Waals surface area contributed by atoms with Crippen LogP contribution in [0.1, 0.15) is 24.3 Å². The van der Waals surface area contributed by atoms with Crippen molar-refractivity contribution in [3.63, 3.8) is 0 Å². The second-order valence-corrected chi connectivity index (χ2v) is 3.09. The van der Waals surface area contributed by atoms with Crippen molar-refractivity contribution in [3.8, 4) is 0 Å². The van der Waals surface area contributed by atoms with E-state index in [4.69, 9.17) is 9.47 Å². The van der Waals surface area contributed by atoms with Crippen LogP contribution >= 0.6 is 0 Å². The van der Waals surface area contributed by atoms with Gasteiger partial charge in [-0.05, 0) is 18.1 Å². The minimum atomic E-state index is -1.52. The first-order valence-electron chi connectivity index (χ1n) is 4.59. The zero-order chi connectivity index (χ0) is 12.3. The molecule has 1 aromatic carbocycles. The van der Waals surface area contributed by atoms with Crippen LogP contribution in [0.5, 0.6) is 0 Å². The summed E-state index contributed by atoms with van der Waals surface area (Å²) in [6, 6.07) is 1.16. The number of benzene rings is 1. The van der Waals surface area contributed by atoms with E-state index >= 15 is 0 Å². The van der Waals surface area contributed by atoms with Crippen LogP contribution in [0, 0.1) is 23.9 Å². The number of hydrogen-bond acceptors (Lipinski definition) is 2. The average Bonchev–Trinajstić information content (AvgIpc) is 2.30. The molecule has 89 valence electrons. The highest BCUT2D eigenvalue weighted by atomic mass is 19.2. The minimum absolute atomic E-state index is 0.0343. The molecule has 0 amide bonds. The van der Waals surface area contributed by atoms with Crippen molar-refractivity contribution in [3.05, 3.63) is 41.1 Å². The van der Waals surface area contributed by atoms with Gasteiger partial charge in [0, 0.05) is 19.8 Å². The van der Waals surface area contributed by atoms with E-state index in [-0.39, 0.29) is 11.1 Å². The predicted octanol–water partition coefficient (Wildman–Crippen LogP) is 2.97. The van der Waals surface area contributed by atoms with Gasteiger partial charge in [-0.25, -0.2) is 13.2 Å². The summed E-state index contributed by atoms with van der Waals surface area (Å²) in [6.07, 6.45) is 0.276. The van der Waals surface area contributed by atoms with E-state index in [9.17, 15) is 13.2 Å². The van der Waals surface area contributed by atoms with Crippen molar-refractivity contribution in [1.82, 2.24) is 0 Å². The number of hydrogen-bond donors (Lipinski definition) is 0. The zero-order valence-electron chi connectivity index (χ0n) is 9.18. The monoisotopic (exact) mass is 233 g/mol. The van der Waals surface area contributed by atoms with Gasteiger partial charge in [0.1, 0.15) is 0 Å². The molecule has 0 spiro atoms. The summed E-state index contributed by atoms with van der Waals surface area (Å²) in [4.78, 5) is 0. The maximum atomic E-state index is 13.4. The van der Waals surface area contributed by atoms with E-state index in [2.05, 4.69) is 0 Å². The van der Waals surface area contributed by atoms with Crippen LogP contribution in [-0.2, 0) is 9.47 Å². The van der Waals surface area contributed by atoms with Crippen molar-refractivity contribution in [2.45, 2.75) is 13.2 Å². The summed E-state index contributed by atoms with van der Waals surface area (Å²) in [5.41, 5.74) is -0.204. The fourth-order valence-electron chi connectivity index (χ4n) is 1.38. The molecular weight excluding hydrogens is 221 g/mol. The SMILES string of the molecule is C[CH]c1cc(C(OC)OC)c(F)c(F)c1F. The summed E-state index contributed by atoms with van der Waals surface area (Å²) in [7, 11) is 2.56. The van der Waals surface area contributed by atoms with Gasteiger partial charge < -0.3 is 9.47 Å². The van der Waals surface area contributed by atoms with Crippen LogP contribution in [0.3, 0.4) is 0 Å². The lowest BCUT2D eigenvalue weighted by Crippen LogP contribution is -2.10. The highest BCUT2D eigenvalue weighted by molar-refractivity contribution is 5.32. The summed E-state index contributed by atoms with van der Waals surface area (Å²) >= 11 is 0. The first-order chi connectivity index (χ1) is 7.56. The molecule has 1 radical (unpaired) electrons. The molecule has 0 aliphatic heterocycles. The molecular formula is C11H12F3O2. The van der Waals surface area contributed by atoms with E-state index in [1.54, 1.807) is 0 Å². The smallest absolute Gasteiger partial charge is 0.195 e. The molecule has 1 rings (SSSR count). The number of halogens is 3. The predicted molar refractivity (Wildman–Crippen MR) is 52.2 cm³/mol. The van der Waals surface area contributed by atoms with Gasteiger partial charge in [-0.15, -0.1) is 0 Å².